The summed E-state index contributed by atoms with van der Waals surface area (Å²) in [4.78, 5) is 2.64. The predicted octanol–water partition coefficient (Wildman–Crippen LogP) is 2.51. The highest BCUT2D eigenvalue weighted by Gasteiger charge is 2.27. The van der Waals surface area contributed by atoms with Crippen molar-refractivity contribution in [1.82, 2.24) is 10.2 Å². The van der Waals surface area contributed by atoms with Crippen LogP contribution in [-0.2, 0) is 4.74 Å². The Labute approximate surface area is 113 Å². The van der Waals surface area contributed by atoms with Gasteiger partial charge in [-0.05, 0) is 45.2 Å². The summed E-state index contributed by atoms with van der Waals surface area (Å²) in [6, 6.07) is 1.26. The van der Waals surface area contributed by atoms with Gasteiger partial charge in [0.2, 0.25) is 0 Å². The van der Waals surface area contributed by atoms with Gasteiger partial charge in [-0.15, -0.1) is 0 Å². The van der Waals surface area contributed by atoms with E-state index in [0.717, 1.165) is 19.8 Å². The monoisotopic (exact) mass is 256 g/mol. The minimum atomic E-state index is 0.580. The molecular weight excluding hydrogens is 224 g/mol. The van der Waals surface area contributed by atoms with Gasteiger partial charge in [-0.1, -0.05) is 20.8 Å². The smallest absolute Gasteiger partial charge is 0.0624 e. The maximum Gasteiger partial charge on any atom is 0.0624 e. The standard InChI is InChI=1S/C15H32N2O/c1-5-9-16-14-8-7-10-17(11-14)15(13(3)4)12-18-6-2/h13-16H,5-12H2,1-4H3. The highest BCUT2D eigenvalue weighted by atomic mass is 16.5. The first-order chi connectivity index (χ1) is 8.69. The number of hydrogen-bond acceptors (Lipinski definition) is 3. The molecule has 0 amide bonds. The van der Waals surface area contributed by atoms with Gasteiger partial charge in [0, 0.05) is 25.2 Å². The Hall–Kier alpha value is -0.120. The largest absolute Gasteiger partial charge is 0.380 e. The van der Waals surface area contributed by atoms with Crippen LogP contribution in [0.4, 0.5) is 0 Å². The Kier molecular flexibility index (Phi) is 7.87. The molecule has 0 aromatic rings. The van der Waals surface area contributed by atoms with Crippen LogP contribution in [0.3, 0.4) is 0 Å². The van der Waals surface area contributed by atoms with Gasteiger partial charge in [-0.25, -0.2) is 0 Å². The maximum atomic E-state index is 5.66. The molecule has 0 bridgehead atoms. The molecule has 108 valence electrons. The summed E-state index contributed by atoms with van der Waals surface area (Å²) in [5, 5.41) is 3.67. The summed E-state index contributed by atoms with van der Waals surface area (Å²) >= 11 is 0. The van der Waals surface area contributed by atoms with Crippen molar-refractivity contribution < 1.29 is 4.74 Å². The van der Waals surface area contributed by atoms with Gasteiger partial charge in [0.1, 0.15) is 0 Å². The van der Waals surface area contributed by atoms with Crippen molar-refractivity contribution in [3.63, 3.8) is 0 Å². The van der Waals surface area contributed by atoms with Crippen LogP contribution in [0, 0.1) is 5.92 Å². The molecule has 1 N–H and O–H groups in total. The van der Waals surface area contributed by atoms with Gasteiger partial charge >= 0.3 is 0 Å². The fourth-order valence-corrected chi connectivity index (χ4v) is 2.78. The second kappa shape index (κ2) is 8.89. The normalized spacial score (nSPS) is 23.5. The Balaban J connectivity index is 2.45. The molecule has 1 rings (SSSR count). The van der Waals surface area contributed by atoms with E-state index in [0.29, 0.717) is 18.0 Å². The average molecular weight is 256 g/mol. The van der Waals surface area contributed by atoms with Gasteiger partial charge in [0.15, 0.2) is 0 Å². The molecule has 1 aliphatic heterocycles. The summed E-state index contributed by atoms with van der Waals surface area (Å²) in [5.74, 6) is 0.668. The average Bonchev–Trinajstić information content (AvgIpc) is 2.37. The van der Waals surface area contributed by atoms with Gasteiger partial charge < -0.3 is 10.1 Å². The third-order valence-electron chi connectivity index (χ3n) is 3.87. The molecule has 3 nitrogen and oxygen atoms in total. The third kappa shape index (κ3) is 5.25. The first-order valence-electron chi connectivity index (χ1n) is 7.74. The van der Waals surface area contributed by atoms with Gasteiger partial charge in [0.25, 0.3) is 0 Å². The van der Waals surface area contributed by atoms with Gasteiger partial charge in [-0.2, -0.15) is 0 Å². The lowest BCUT2D eigenvalue weighted by Gasteiger charge is -2.40. The topological polar surface area (TPSA) is 24.5 Å². The van der Waals surface area contributed by atoms with Crippen LogP contribution in [0.2, 0.25) is 0 Å². The number of ether oxygens (including phenoxy) is 1. The van der Waals surface area contributed by atoms with E-state index in [2.05, 4.69) is 37.9 Å². The molecule has 0 aromatic carbocycles. The van der Waals surface area contributed by atoms with E-state index in [1.54, 1.807) is 0 Å². The lowest BCUT2D eigenvalue weighted by Crippen LogP contribution is -2.52. The first kappa shape index (κ1) is 15.9. The molecule has 0 aromatic heterocycles. The van der Waals surface area contributed by atoms with Crippen LogP contribution >= 0.6 is 0 Å². The Bertz CT molecular complexity index is 209. The molecule has 2 unspecified atom stereocenters. The second-order valence-corrected chi connectivity index (χ2v) is 5.76. The molecule has 0 spiro atoms. The second-order valence-electron chi connectivity index (χ2n) is 5.76. The summed E-state index contributed by atoms with van der Waals surface area (Å²) < 4.78 is 5.66. The van der Waals surface area contributed by atoms with Crippen molar-refractivity contribution in [2.45, 2.75) is 59.0 Å². The minimum absolute atomic E-state index is 0.580. The van der Waals surface area contributed by atoms with E-state index in [1.165, 1.54) is 32.4 Å². The zero-order valence-electron chi connectivity index (χ0n) is 12.7. The van der Waals surface area contributed by atoms with Gasteiger partial charge in [-0.3, -0.25) is 4.90 Å². The van der Waals surface area contributed by atoms with Crippen molar-refractivity contribution >= 4 is 0 Å². The van der Waals surface area contributed by atoms with Crippen LogP contribution in [-0.4, -0.2) is 49.8 Å². The molecule has 0 saturated carbocycles. The van der Waals surface area contributed by atoms with E-state index in [-0.39, 0.29) is 0 Å². The molecule has 2 atom stereocenters. The fraction of sp³-hybridized carbons (Fsp3) is 1.00. The third-order valence-corrected chi connectivity index (χ3v) is 3.87. The lowest BCUT2D eigenvalue weighted by atomic mass is 9.98. The number of likely N-dealkylation sites (tertiary alicyclic amines) is 1. The summed E-state index contributed by atoms with van der Waals surface area (Å²) in [6.45, 7) is 14.2. The van der Waals surface area contributed by atoms with E-state index in [9.17, 15) is 0 Å². The molecule has 1 saturated heterocycles. The SMILES string of the molecule is CCCNC1CCCN(C(COCC)C(C)C)C1. The molecule has 1 heterocycles. The maximum absolute atomic E-state index is 5.66. The minimum Gasteiger partial charge on any atom is -0.380 e. The number of rotatable bonds is 8. The summed E-state index contributed by atoms with van der Waals surface area (Å²) in [6.07, 6.45) is 3.87. The molecule has 3 heteroatoms. The number of hydrogen-bond donors (Lipinski definition) is 1. The van der Waals surface area contributed by atoms with Crippen LogP contribution in [0.25, 0.3) is 0 Å². The van der Waals surface area contributed by atoms with E-state index in [1.807, 2.05) is 0 Å². The Morgan fingerprint density at radius 3 is 2.72 bits per heavy atom. The molecule has 18 heavy (non-hydrogen) atoms. The van der Waals surface area contributed by atoms with E-state index >= 15 is 0 Å². The van der Waals surface area contributed by atoms with Crippen molar-refractivity contribution in [1.29, 1.82) is 0 Å². The fourth-order valence-electron chi connectivity index (χ4n) is 2.78. The summed E-state index contributed by atoms with van der Waals surface area (Å²) in [7, 11) is 0. The van der Waals surface area contributed by atoms with E-state index < -0.39 is 0 Å². The first-order valence-corrected chi connectivity index (χ1v) is 7.74. The van der Waals surface area contributed by atoms with Gasteiger partial charge in [0.05, 0.1) is 6.61 Å². The summed E-state index contributed by atoms with van der Waals surface area (Å²) in [5.41, 5.74) is 0. The number of nitrogens with zero attached hydrogens (tertiary/aromatic N) is 1. The number of piperidine rings is 1. The van der Waals surface area contributed by atoms with Crippen LogP contribution < -0.4 is 5.32 Å². The highest BCUT2D eigenvalue weighted by Crippen LogP contribution is 2.18. The van der Waals surface area contributed by atoms with Crippen LogP contribution in [0.1, 0.15) is 47.0 Å². The Morgan fingerprint density at radius 1 is 1.33 bits per heavy atom. The molecular formula is C15H32N2O. The highest BCUT2D eigenvalue weighted by molar-refractivity contribution is 4.84. The molecule has 0 radical (unpaired) electrons. The molecule has 0 aliphatic carbocycles. The molecule has 1 aliphatic rings. The van der Waals surface area contributed by atoms with E-state index in [4.69, 9.17) is 4.74 Å². The predicted molar refractivity (Wildman–Crippen MR) is 78.0 cm³/mol. The van der Waals surface area contributed by atoms with Crippen molar-refractivity contribution in [3.05, 3.63) is 0 Å². The van der Waals surface area contributed by atoms with Crippen LogP contribution in [0.15, 0.2) is 0 Å². The zero-order valence-corrected chi connectivity index (χ0v) is 12.7. The lowest BCUT2D eigenvalue weighted by molar-refractivity contribution is 0.0277. The van der Waals surface area contributed by atoms with Crippen LogP contribution in [0.5, 0.6) is 0 Å². The van der Waals surface area contributed by atoms with Crippen molar-refractivity contribution in [3.8, 4) is 0 Å². The zero-order chi connectivity index (χ0) is 13.4. The quantitative estimate of drug-likeness (QED) is 0.722. The Morgan fingerprint density at radius 2 is 2.11 bits per heavy atom. The van der Waals surface area contributed by atoms with Crippen molar-refractivity contribution in [2.24, 2.45) is 5.92 Å². The number of nitrogens with one attached hydrogen (secondary N) is 1. The van der Waals surface area contributed by atoms with Crippen molar-refractivity contribution in [2.75, 3.05) is 32.8 Å². The molecule has 1 fully saturated rings.